The van der Waals surface area contributed by atoms with Crippen LogP contribution in [0.4, 0.5) is 11.6 Å². The maximum absolute atomic E-state index is 4.60. The number of anilines is 2. The van der Waals surface area contributed by atoms with Crippen molar-refractivity contribution < 1.29 is 0 Å². The number of aryl methyl sites for hydroxylation is 1. The van der Waals surface area contributed by atoms with Crippen molar-refractivity contribution in [2.45, 2.75) is 34.1 Å². The van der Waals surface area contributed by atoms with Gasteiger partial charge in [-0.25, -0.2) is 9.97 Å². The molecule has 4 nitrogen and oxygen atoms in total. The number of nitrogens with zero attached hydrogens (tertiary/aromatic N) is 2. The van der Waals surface area contributed by atoms with Crippen LogP contribution in [0.2, 0.25) is 0 Å². The van der Waals surface area contributed by atoms with Crippen LogP contribution in [0.15, 0.2) is 0 Å². The van der Waals surface area contributed by atoms with Crippen molar-refractivity contribution in [3.63, 3.8) is 0 Å². The van der Waals surface area contributed by atoms with Crippen LogP contribution in [-0.2, 0) is 6.42 Å². The number of rotatable bonds is 8. The van der Waals surface area contributed by atoms with Crippen molar-refractivity contribution in [3.05, 3.63) is 11.4 Å². The normalized spacial score (nSPS) is 12.3. The first kappa shape index (κ1) is 16.1. The van der Waals surface area contributed by atoms with Crippen molar-refractivity contribution in [3.8, 4) is 0 Å². The molecule has 0 radical (unpaired) electrons. The Kier molecular flexibility index (Phi) is 6.99. The summed E-state index contributed by atoms with van der Waals surface area (Å²) in [6.45, 7) is 10.3. The monoisotopic (exact) mass is 282 g/mol. The van der Waals surface area contributed by atoms with Crippen LogP contribution in [0, 0.1) is 12.8 Å². The van der Waals surface area contributed by atoms with Gasteiger partial charge in [-0.2, -0.15) is 11.8 Å². The second-order valence-corrected chi connectivity index (χ2v) is 5.70. The van der Waals surface area contributed by atoms with E-state index in [1.807, 2.05) is 11.8 Å². The first-order valence-electron chi connectivity index (χ1n) is 6.96. The first-order chi connectivity index (χ1) is 9.12. The van der Waals surface area contributed by atoms with Crippen LogP contribution < -0.4 is 10.6 Å². The van der Waals surface area contributed by atoms with E-state index in [1.165, 1.54) is 0 Å². The average Bonchev–Trinajstić information content (AvgIpc) is 2.40. The molecule has 1 heterocycles. The zero-order chi connectivity index (χ0) is 14.3. The van der Waals surface area contributed by atoms with E-state index in [9.17, 15) is 0 Å². The Morgan fingerprint density at radius 1 is 1.16 bits per heavy atom. The van der Waals surface area contributed by atoms with Gasteiger partial charge in [0.2, 0.25) is 0 Å². The lowest BCUT2D eigenvalue weighted by Gasteiger charge is -2.16. The van der Waals surface area contributed by atoms with Crippen LogP contribution in [0.5, 0.6) is 0 Å². The molecule has 1 atom stereocenters. The zero-order valence-corrected chi connectivity index (χ0v) is 13.5. The molecule has 0 fully saturated rings. The molecule has 0 aliphatic heterocycles. The van der Waals surface area contributed by atoms with E-state index in [-0.39, 0.29) is 0 Å². The van der Waals surface area contributed by atoms with E-state index in [0.717, 1.165) is 48.3 Å². The van der Waals surface area contributed by atoms with Crippen LogP contribution in [0.3, 0.4) is 0 Å². The van der Waals surface area contributed by atoms with Crippen LogP contribution in [0.25, 0.3) is 0 Å². The largest absolute Gasteiger partial charge is 0.370 e. The van der Waals surface area contributed by atoms with E-state index in [2.05, 4.69) is 54.6 Å². The van der Waals surface area contributed by atoms with E-state index in [4.69, 9.17) is 0 Å². The molecule has 0 saturated carbocycles. The molecule has 1 aromatic heterocycles. The molecule has 1 rings (SSSR count). The van der Waals surface area contributed by atoms with E-state index < -0.39 is 0 Å². The topological polar surface area (TPSA) is 49.8 Å². The maximum atomic E-state index is 4.60. The summed E-state index contributed by atoms with van der Waals surface area (Å²) in [4.78, 5) is 9.14. The Bertz CT molecular complexity index is 395. The SMILES string of the molecule is CCNc1nc(CC)nc(NCC(C)CSC)c1C. The third-order valence-electron chi connectivity index (χ3n) is 2.92. The molecule has 0 spiro atoms. The van der Waals surface area contributed by atoms with Gasteiger partial charge in [-0.05, 0) is 31.8 Å². The minimum absolute atomic E-state index is 0.636. The minimum Gasteiger partial charge on any atom is -0.370 e. The molecule has 19 heavy (non-hydrogen) atoms. The van der Waals surface area contributed by atoms with Crippen molar-refractivity contribution in [1.82, 2.24) is 9.97 Å². The van der Waals surface area contributed by atoms with E-state index in [1.54, 1.807) is 0 Å². The predicted molar refractivity (Wildman–Crippen MR) is 86.3 cm³/mol. The molecular formula is C14H26N4S. The van der Waals surface area contributed by atoms with Gasteiger partial charge in [-0.3, -0.25) is 0 Å². The van der Waals surface area contributed by atoms with E-state index in [0.29, 0.717) is 5.92 Å². The lowest BCUT2D eigenvalue weighted by atomic mass is 10.2. The molecule has 0 bridgehead atoms. The lowest BCUT2D eigenvalue weighted by molar-refractivity contribution is 0.698. The summed E-state index contributed by atoms with van der Waals surface area (Å²) >= 11 is 1.88. The molecule has 0 aliphatic carbocycles. The number of aromatic nitrogens is 2. The second kappa shape index (κ2) is 8.25. The third-order valence-corrected chi connectivity index (χ3v) is 3.82. The molecular weight excluding hydrogens is 256 g/mol. The molecule has 108 valence electrons. The van der Waals surface area contributed by atoms with Crippen LogP contribution in [0.1, 0.15) is 32.2 Å². The molecule has 0 aromatic carbocycles. The molecule has 1 aromatic rings. The Morgan fingerprint density at radius 3 is 2.32 bits per heavy atom. The van der Waals surface area contributed by atoms with Crippen LogP contribution in [-0.4, -0.2) is 35.1 Å². The Hall–Kier alpha value is -0.970. The zero-order valence-electron chi connectivity index (χ0n) is 12.7. The molecule has 0 aliphatic rings. The Morgan fingerprint density at radius 2 is 1.79 bits per heavy atom. The first-order valence-corrected chi connectivity index (χ1v) is 8.35. The standard InChI is InChI=1S/C14H26N4S/c1-6-12-17-13(15-7-2)11(4)14(18-12)16-8-10(3)9-19-5/h10H,6-9H2,1-5H3,(H2,15,16,17,18). The summed E-state index contributed by atoms with van der Waals surface area (Å²) < 4.78 is 0. The summed E-state index contributed by atoms with van der Waals surface area (Å²) in [6.07, 6.45) is 3.00. The summed E-state index contributed by atoms with van der Waals surface area (Å²) in [5.41, 5.74) is 1.11. The third kappa shape index (κ3) is 4.90. The molecule has 1 unspecified atom stereocenters. The fraction of sp³-hybridized carbons (Fsp3) is 0.714. The van der Waals surface area contributed by atoms with E-state index >= 15 is 0 Å². The minimum atomic E-state index is 0.636. The van der Waals surface area contributed by atoms with Crippen molar-refractivity contribution in [2.75, 3.05) is 35.7 Å². The van der Waals surface area contributed by atoms with Gasteiger partial charge < -0.3 is 10.6 Å². The second-order valence-electron chi connectivity index (χ2n) is 4.79. The predicted octanol–water partition coefficient (Wildman–Crippen LogP) is 3.19. The summed E-state index contributed by atoms with van der Waals surface area (Å²) in [5, 5.41) is 6.78. The van der Waals surface area contributed by atoms with Gasteiger partial charge in [-0.1, -0.05) is 13.8 Å². The maximum Gasteiger partial charge on any atom is 0.134 e. The van der Waals surface area contributed by atoms with Gasteiger partial charge in [-0.15, -0.1) is 0 Å². The van der Waals surface area contributed by atoms with Crippen LogP contribution >= 0.6 is 11.8 Å². The number of nitrogens with one attached hydrogen (secondary N) is 2. The highest BCUT2D eigenvalue weighted by atomic mass is 32.2. The highest BCUT2D eigenvalue weighted by Crippen LogP contribution is 2.20. The molecule has 5 heteroatoms. The van der Waals surface area contributed by atoms with Crippen molar-refractivity contribution >= 4 is 23.4 Å². The average molecular weight is 282 g/mol. The lowest BCUT2D eigenvalue weighted by Crippen LogP contribution is -2.17. The van der Waals surface area contributed by atoms with Gasteiger partial charge in [0, 0.05) is 25.1 Å². The summed E-state index contributed by atoms with van der Waals surface area (Å²) in [7, 11) is 0. The van der Waals surface area contributed by atoms with Gasteiger partial charge in [0.25, 0.3) is 0 Å². The number of thioether (sulfide) groups is 1. The van der Waals surface area contributed by atoms with Crippen molar-refractivity contribution in [1.29, 1.82) is 0 Å². The van der Waals surface area contributed by atoms with Gasteiger partial charge in [0.15, 0.2) is 0 Å². The van der Waals surface area contributed by atoms with Gasteiger partial charge >= 0.3 is 0 Å². The fourth-order valence-corrected chi connectivity index (χ4v) is 2.53. The molecule has 2 N–H and O–H groups in total. The summed E-state index contributed by atoms with van der Waals surface area (Å²) in [5.74, 6) is 4.61. The van der Waals surface area contributed by atoms with Crippen molar-refractivity contribution in [2.24, 2.45) is 5.92 Å². The summed E-state index contributed by atoms with van der Waals surface area (Å²) in [6, 6.07) is 0. The number of hydrogen-bond donors (Lipinski definition) is 2. The van der Waals surface area contributed by atoms with Gasteiger partial charge in [0.1, 0.15) is 17.5 Å². The fourth-order valence-electron chi connectivity index (χ4n) is 1.85. The molecule has 0 amide bonds. The Balaban J connectivity index is 2.83. The quantitative estimate of drug-likeness (QED) is 0.767. The molecule has 0 saturated heterocycles. The van der Waals surface area contributed by atoms with Gasteiger partial charge in [0.05, 0.1) is 0 Å². The Labute approximate surface area is 121 Å². The number of hydrogen-bond acceptors (Lipinski definition) is 5. The highest BCUT2D eigenvalue weighted by molar-refractivity contribution is 7.98. The smallest absolute Gasteiger partial charge is 0.134 e. The highest BCUT2D eigenvalue weighted by Gasteiger charge is 2.10.